The number of non-ortho nitro benzene ring substituents is 1. The smallest absolute Gasteiger partial charge is 0.269 e. The summed E-state index contributed by atoms with van der Waals surface area (Å²) in [5, 5.41) is 21.9. The van der Waals surface area contributed by atoms with Crippen LogP contribution in [-0.2, 0) is 0 Å². The summed E-state index contributed by atoms with van der Waals surface area (Å²) in [7, 11) is 0. The van der Waals surface area contributed by atoms with Crippen molar-refractivity contribution >= 4 is 5.69 Å². The highest BCUT2D eigenvalue weighted by atomic mass is 16.6. The molecule has 0 aromatic heterocycles. The molecule has 0 amide bonds. The van der Waals surface area contributed by atoms with Crippen LogP contribution in [0, 0.1) is 20.9 Å². The van der Waals surface area contributed by atoms with Crippen molar-refractivity contribution in [2.45, 2.75) is 39.0 Å². The predicted molar refractivity (Wildman–Crippen MR) is 90.4 cm³/mol. The van der Waals surface area contributed by atoms with Crippen LogP contribution in [0.15, 0.2) is 24.3 Å². The summed E-state index contributed by atoms with van der Waals surface area (Å²) < 4.78 is 0. The maximum absolute atomic E-state index is 11.1. The van der Waals surface area contributed by atoms with Gasteiger partial charge in [0.05, 0.1) is 17.2 Å². The largest absolute Gasteiger partial charge is 0.392 e. The molecule has 0 radical (unpaired) electrons. The van der Waals surface area contributed by atoms with Crippen LogP contribution in [0.4, 0.5) is 5.69 Å². The molecule has 4 saturated heterocycles. The van der Waals surface area contributed by atoms with Crippen LogP contribution < -0.4 is 0 Å². The first kappa shape index (κ1) is 16.0. The number of aliphatic hydroxyl groups excluding tert-OH is 1. The standard InChI is InChI=1S/C18H25N3O3/c1-3-17-9-19-11-18(4-2,16(17)22)12-20(10-17)15(19)13-5-7-14(8-6-13)21(23)24/h5-8,15-16,22H,3-4,9-12H2,1-2H3. The summed E-state index contributed by atoms with van der Waals surface area (Å²) in [6.07, 6.45) is 1.91. The van der Waals surface area contributed by atoms with Gasteiger partial charge in [-0.2, -0.15) is 0 Å². The molecule has 6 nitrogen and oxygen atoms in total. The Labute approximate surface area is 142 Å². The van der Waals surface area contributed by atoms with Gasteiger partial charge in [-0.3, -0.25) is 19.9 Å². The second-order valence-electron chi connectivity index (χ2n) is 7.87. The molecule has 1 aromatic rings. The number of benzene rings is 1. The third-order valence-electron chi connectivity index (χ3n) is 6.73. The summed E-state index contributed by atoms with van der Waals surface area (Å²) in [5.41, 5.74) is 1.18. The molecular formula is C18H25N3O3. The number of aliphatic hydroxyl groups is 1. The van der Waals surface area contributed by atoms with E-state index in [2.05, 4.69) is 23.6 Å². The molecule has 6 heteroatoms. The summed E-state index contributed by atoms with van der Waals surface area (Å²) in [6, 6.07) is 6.97. The molecule has 4 aliphatic heterocycles. The molecular weight excluding hydrogens is 306 g/mol. The third-order valence-corrected chi connectivity index (χ3v) is 6.73. The highest BCUT2D eigenvalue weighted by Crippen LogP contribution is 2.56. The van der Waals surface area contributed by atoms with Crippen LogP contribution in [-0.4, -0.2) is 52.1 Å². The fraction of sp³-hybridized carbons (Fsp3) is 0.667. The Morgan fingerprint density at radius 1 is 1.08 bits per heavy atom. The zero-order chi connectivity index (χ0) is 17.1. The zero-order valence-electron chi connectivity index (χ0n) is 14.3. The molecule has 4 bridgehead atoms. The molecule has 1 N–H and O–H groups in total. The van der Waals surface area contributed by atoms with Crippen LogP contribution >= 0.6 is 0 Å². The number of rotatable bonds is 4. The fourth-order valence-corrected chi connectivity index (χ4v) is 5.43. The van der Waals surface area contributed by atoms with Crippen LogP contribution in [0.2, 0.25) is 0 Å². The van der Waals surface area contributed by atoms with Crippen molar-refractivity contribution in [1.82, 2.24) is 9.80 Å². The number of piperidine rings is 2. The minimum Gasteiger partial charge on any atom is -0.392 e. The Hall–Kier alpha value is -1.50. The van der Waals surface area contributed by atoms with E-state index in [1.54, 1.807) is 12.1 Å². The second kappa shape index (κ2) is 5.25. The molecule has 5 rings (SSSR count). The van der Waals surface area contributed by atoms with Crippen LogP contribution in [0.25, 0.3) is 0 Å². The molecule has 4 heterocycles. The van der Waals surface area contributed by atoms with Crippen molar-refractivity contribution in [2.24, 2.45) is 10.8 Å². The maximum Gasteiger partial charge on any atom is 0.269 e. The van der Waals surface area contributed by atoms with Gasteiger partial charge in [0.25, 0.3) is 5.69 Å². The van der Waals surface area contributed by atoms with E-state index >= 15 is 0 Å². The summed E-state index contributed by atoms with van der Waals surface area (Å²) >= 11 is 0. The number of nitro groups is 1. The van der Waals surface area contributed by atoms with Gasteiger partial charge in [-0.1, -0.05) is 13.8 Å². The van der Waals surface area contributed by atoms with Crippen LogP contribution in [0.3, 0.4) is 0 Å². The van der Waals surface area contributed by atoms with Gasteiger partial charge in [-0.05, 0) is 30.5 Å². The summed E-state index contributed by atoms with van der Waals surface area (Å²) in [4.78, 5) is 15.5. The lowest BCUT2D eigenvalue weighted by Gasteiger charge is -2.69. The molecule has 0 atom stereocenters. The molecule has 130 valence electrons. The van der Waals surface area contributed by atoms with Gasteiger partial charge in [-0.15, -0.1) is 0 Å². The van der Waals surface area contributed by atoms with E-state index < -0.39 is 0 Å². The lowest BCUT2D eigenvalue weighted by molar-refractivity contribution is -0.384. The first-order valence-corrected chi connectivity index (χ1v) is 8.85. The molecule has 24 heavy (non-hydrogen) atoms. The van der Waals surface area contributed by atoms with Crippen molar-refractivity contribution in [1.29, 1.82) is 0 Å². The topological polar surface area (TPSA) is 69.9 Å². The van der Waals surface area contributed by atoms with E-state index in [4.69, 9.17) is 0 Å². The van der Waals surface area contributed by atoms with Gasteiger partial charge in [-0.25, -0.2) is 0 Å². The van der Waals surface area contributed by atoms with Crippen molar-refractivity contribution in [2.75, 3.05) is 26.2 Å². The molecule has 0 saturated carbocycles. The van der Waals surface area contributed by atoms with E-state index in [0.29, 0.717) is 0 Å². The SMILES string of the molecule is CCC12CN3CC(CC)(CN(C1)C3c1ccc([N+](=O)[O-])cc1)C2O. The highest BCUT2D eigenvalue weighted by Gasteiger charge is 2.63. The van der Waals surface area contributed by atoms with E-state index in [9.17, 15) is 15.2 Å². The van der Waals surface area contributed by atoms with E-state index in [1.165, 1.54) is 0 Å². The molecule has 1 aromatic carbocycles. The van der Waals surface area contributed by atoms with Crippen molar-refractivity contribution < 1.29 is 10.0 Å². The van der Waals surface area contributed by atoms with Gasteiger partial charge in [0.1, 0.15) is 0 Å². The van der Waals surface area contributed by atoms with Crippen LogP contribution in [0.5, 0.6) is 0 Å². The lowest BCUT2D eigenvalue weighted by Crippen LogP contribution is -2.78. The fourth-order valence-electron chi connectivity index (χ4n) is 5.43. The van der Waals surface area contributed by atoms with Crippen molar-refractivity contribution in [3.8, 4) is 0 Å². The second-order valence-corrected chi connectivity index (χ2v) is 7.87. The van der Waals surface area contributed by atoms with E-state index in [1.807, 2.05) is 12.1 Å². The number of nitrogens with zero attached hydrogens (tertiary/aromatic N) is 3. The van der Waals surface area contributed by atoms with Crippen molar-refractivity contribution in [3.05, 3.63) is 39.9 Å². The number of hydrogen-bond donors (Lipinski definition) is 1. The van der Waals surface area contributed by atoms with Gasteiger partial charge < -0.3 is 5.11 Å². The minimum atomic E-state index is -0.351. The average Bonchev–Trinajstić information content (AvgIpc) is 2.58. The Bertz CT molecular complexity index is 620. The van der Waals surface area contributed by atoms with E-state index in [-0.39, 0.29) is 33.7 Å². The predicted octanol–water partition coefficient (Wildman–Crippen LogP) is 2.39. The third kappa shape index (κ3) is 2.00. The molecule has 0 aliphatic carbocycles. The monoisotopic (exact) mass is 331 g/mol. The van der Waals surface area contributed by atoms with Gasteiger partial charge in [0.15, 0.2) is 0 Å². The quantitative estimate of drug-likeness (QED) is 0.678. The van der Waals surface area contributed by atoms with Crippen LogP contribution in [0.1, 0.15) is 38.4 Å². The maximum atomic E-state index is 11.1. The lowest BCUT2D eigenvalue weighted by atomic mass is 9.57. The molecule has 4 fully saturated rings. The van der Waals surface area contributed by atoms with Gasteiger partial charge in [0.2, 0.25) is 0 Å². The normalized spacial score (nSPS) is 43.1. The van der Waals surface area contributed by atoms with Gasteiger partial charge in [0, 0.05) is 49.1 Å². The highest BCUT2D eigenvalue weighted by molar-refractivity contribution is 5.35. The zero-order valence-corrected chi connectivity index (χ0v) is 14.3. The first-order chi connectivity index (χ1) is 11.4. The number of hydrogen-bond acceptors (Lipinski definition) is 5. The summed E-state index contributed by atoms with van der Waals surface area (Å²) in [5.74, 6) is 0. The molecule has 4 aliphatic rings. The number of nitro benzene ring substituents is 1. The molecule has 0 unspecified atom stereocenters. The Morgan fingerprint density at radius 3 is 1.92 bits per heavy atom. The Morgan fingerprint density at radius 2 is 1.54 bits per heavy atom. The Kier molecular flexibility index (Phi) is 3.50. The van der Waals surface area contributed by atoms with E-state index in [0.717, 1.165) is 44.6 Å². The summed E-state index contributed by atoms with van der Waals surface area (Å²) in [6.45, 7) is 8.00. The average molecular weight is 331 g/mol. The minimum absolute atomic E-state index is 0.0379. The van der Waals surface area contributed by atoms with Crippen molar-refractivity contribution in [3.63, 3.8) is 0 Å². The first-order valence-electron chi connectivity index (χ1n) is 8.85. The van der Waals surface area contributed by atoms with Gasteiger partial charge >= 0.3 is 0 Å². The molecule has 0 spiro atoms. The Balaban J connectivity index is 1.69.